The number of nitrogens with zero attached hydrogens (tertiary/aromatic N) is 2. The van der Waals surface area contributed by atoms with Crippen LogP contribution in [0, 0.1) is 18.3 Å². The van der Waals surface area contributed by atoms with E-state index in [1.807, 2.05) is 37.3 Å². The fourth-order valence-corrected chi connectivity index (χ4v) is 3.27. The summed E-state index contributed by atoms with van der Waals surface area (Å²) < 4.78 is 0. The summed E-state index contributed by atoms with van der Waals surface area (Å²) in [4.78, 5) is 29.3. The van der Waals surface area contributed by atoms with Crippen molar-refractivity contribution in [3.05, 3.63) is 82.8 Å². The molecule has 2 aromatic carbocycles. The topological polar surface area (TPSA) is 94.9 Å². The lowest BCUT2D eigenvalue weighted by atomic mass is 10.1. The van der Waals surface area contributed by atoms with Crippen LogP contribution in [-0.2, 0) is 4.79 Å². The van der Waals surface area contributed by atoms with Crippen LogP contribution in [-0.4, -0.2) is 16.7 Å². The molecule has 0 saturated carbocycles. The third-order valence-electron chi connectivity index (χ3n) is 3.84. The molecule has 28 heavy (non-hydrogen) atoms. The second kappa shape index (κ2) is 8.29. The van der Waals surface area contributed by atoms with Gasteiger partial charge in [0.15, 0.2) is 10.9 Å². The van der Waals surface area contributed by atoms with Crippen molar-refractivity contribution in [2.24, 2.45) is 0 Å². The predicted octanol–water partition coefficient (Wildman–Crippen LogP) is 4.42. The Morgan fingerprint density at radius 1 is 1.14 bits per heavy atom. The number of thiazole rings is 1. The highest BCUT2D eigenvalue weighted by atomic mass is 32.1. The average Bonchev–Trinajstić information content (AvgIpc) is 3.11. The molecule has 0 bridgehead atoms. The highest BCUT2D eigenvalue weighted by Crippen LogP contribution is 2.31. The van der Waals surface area contributed by atoms with Crippen molar-refractivity contribution >= 4 is 39.7 Å². The number of carbonyl (C=O) groups is 2. The van der Waals surface area contributed by atoms with E-state index in [0.717, 1.165) is 28.7 Å². The van der Waals surface area contributed by atoms with Crippen LogP contribution in [0.2, 0.25) is 0 Å². The van der Waals surface area contributed by atoms with E-state index < -0.39 is 5.91 Å². The van der Waals surface area contributed by atoms with E-state index in [1.54, 1.807) is 24.3 Å². The van der Waals surface area contributed by atoms with Crippen LogP contribution in [0.4, 0.5) is 16.6 Å². The lowest BCUT2D eigenvalue weighted by Crippen LogP contribution is -2.11. The van der Waals surface area contributed by atoms with Crippen LogP contribution in [0.25, 0.3) is 0 Å². The fraction of sp³-hybridized carbons (Fsp3) is 0.0476. The number of aromatic nitrogens is 1. The van der Waals surface area contributed by atoms with E-state index in [-0.39, 0.29) is 16.5 Å². The molecule has 0 aliphatic rings. The number of nitrogens with one attached hydrogen (secondary N) is 2. The molecule has 1 aromatic heterocycles. The summed E-state index contributed by atoms with van der Waals surface area (Å²) in [6.07, 6.45) is 1.11. The Hall–Kier alpha value is -3.76. The van der Waals surface area contributed by atoms with Gasteiger partial charge in [0.25, 0.3) is 0 Å². The van der Waals surface area contributed by atoms with Crippen LogP contribution in [0.3, 0.4) is 0 Å². The average molecular weight is 388 g/mol. The second-order valence-corrected chi connectivity index (χ2v) is 6.90. The van der Waals surface area contributed by atoms with Gasteiger partial charge in [-0.1, -0.05) is 35.6 Å². The van der Waals surface area contributed by atoms with Gasteiger partial charge in [-0.25, -0.2) is 4.98 Å². The van der Waals surface area contributed by atoms with E-state index >= 15 is 0 Å². The van der Waals surface area contributed by atoms with Crippen molar-refractivity contribution in [3.8, 4) is 6.07 Å². The number of amides is 1. The summed E-state index contributed by atoms with van der Waals surface area (Å²) >= 11 is 1.14. The SMILES string of the molecule is C=CC(=O)Nc1nc(Nc2ccc(C)cc2)sc1C(=O)c1ccc(C#N)cc1. The molecule has 1 heterocycles. The van der Waals surface area contributed by atoms with E-state index in [4.69, 9.17) is 5.26 Å². The zero-order valence-corrected chi connectivity index (χ0v) is 15.8. The summed E-state index contributed by atoms with van der Waals surface area (Å²) in [5.41, 5.74) is 2.81. The number of hydrogen-bond acceptors (Lipinski definition) is 6. The smallest absolute Gasteiger partial charge is 0.248 e. The molecule has 0 radical (unpaired) electrons. The van der Waals surface area contributed by atoms with Crippen molar-refractivity contribution in [2.75, 3.05) is 10.6 Å². The monoisotopic (exact) mass is 388 g/mol. The molecule has 2 N–H and O–H groups in total. The fourth-order valence-electron chi connectivity index (χ4n) is 2.37. The van der Waals surface area contributed by atoms with Crippen molar-refractivity contribution in [1.82, 2.24) is 4.98 Å². The molecule has 1 amide bonds. The van der Waals surface area contributed by atoms with Gasteiger partial charge in [-0.2, -0.15) is 5.26 Å². The zero-order valence-electron chi connectivity index (χ0n) is 15.0. The van der Waals surface area contributed by atoms with Gasteiger partial charge in [0, 0.05) is 11.3 Å². The number of aryl methyl sites for hydroxylation is 1. The number of benzene rings is 2. The van der Waals surface area contributed by atoms with Crippen LogP contribution in [0.5, 0.6) is 0 Å². The standard InChI is InChI=1S/C21H16N4O2S/c1-3-17(26)24-20-19(18(27)15-8-6-14(12-22)7-9-15)28-21(25-20)23-16-10-4-13(2)5-11-16/h3-11H,1H2,2H3,(H,23,25)(H,24,26). The molecule has 3 rings (SSSR count). The van der Waals surface area contributed by atoms with Gasteiger partial charge in [-0.3, -0.25) is 9.59 Å². The minimum atomic E-state index is -0.457. The van der Waals surface area contributed by atoms with E-state index in [0.29, 0.717) is 16.3 Å². The highest BCUT2D eigenvalue weighted by molar-refractivity contribution is 7.18. The molecule has 0 unspecified atom stereocenters. The maximum atomic E-state index is 12.9. The van der Waals surface area contributed by atoms with E-state index in [9.17, 15) is 9.59 Å². The van der Waals surface area contributed by atoms with Gasteiger partial charge in [0.2, 0.25) is 11.7 Å². The Kier molecular flexibility index (Phi) is 5.63. The molecule has 138 valence electrons. The van der Waals surface area contributed by atoms with Crippen molar-refractivity contribution in [2.45, 2.75) is 6.92 Å². The van der Waals surface area contributed by atoms with Gasteiger partial charge in [0.1, 0.15) is 4.88 Å². The minimum absolute atomic E-state index is 0.166. The highest BCUT2D eigenvalue weighted by Gasteiger charge is 2.21. The first-order valence-corrected chi connectivity index (χ1v) is 9.14. The molecule has 7 heteroatoms. The molecule has 3 aromatic rings. The summed E-state index contributed by atoms with van der Waals surface area (Å²) in [5.74, 6) is -0.585. The summed E-state index contributed by atoms with van der Waals surface area (Å²) in [6, 6.07) is 16.0. The molecule has 6 nitrogen and oxygen atoms in total. The van der Waals surface area contributed by atoms with Crippen molar-refractivity contribution in [3.63, 3.8) is 0 Å². The zero-order chi connectivity index (χ0) is 20.1. The predicted molar refractivity (Wildman–Crippen MR) is 110 cm³/mol. The lowest BCUT2D eigenvalue weighted by Gasteiger charge is -2.02. The number of ketones is 1. The molecule has 0 aliphatic heterocycles. The third-order valence-corrected chi connectivity index (χ3v) is 4.81. The number of rotatable bonds is 6. The lowest BCUT2D eigenvalue weighted by molar-refractivity contribution is -0.111. The molecular weight excluding hydrogens is 372 g/mol. The van der Waals surface area contributed by atoms with E-state index in [1.165, 1.54) is 0 Å². The van der Waals surface area contributed by atoms with Gasteiger partial charge in [-0.15, -0.1) is 0 Å². The first kappa shape index (κ1) is 19.0. The minimum Gasteiger partial charge on any atom is -0.331 e. The van der Waals surface area contributed by atoms with Gasteiger partial charge in [0.05, 0.1) is 11.6 Å². The first-order valence-electron chi connectivity index (χ1n) is 8.33. The maximum Gasteiger partial charge on any atom is 0.248 e. The number of anilines is 3. The Balaban J connectivity index is 1.94. The van der Waals surface area contributed by atoms with Gasteiger partial charge >= 0.3 is 0 Å². The van der Waals surface area contributed by atoms with Crippen LogP contribution in [0.15, 0.2) is 61.2 Å². The van der Waals surface area contributed by atoms with Crippen molar-refractivity contribution in [1.29, 1.82) is 5.26 Å². The van der Waals surface area contributed by atoms with Gasteiger partial charge in [-0.05, 0) is 49.4 Å². The quantitative estimate of drug-likeness (QED) is 0.481. The van der Waals surface area contributed by atoms with Crippen LogP contribution >= 0.6 is 11.3 Å². The maximum absolute atomic E-state index is 12.9. The normalized spacial score (nSPS) is 10.0. The molecule has 0 spiro atoms. The first-order chi connectivity index (χ1) is 13.5. The Morgan fingerprint density at radius 2 is 1.82 bits per heavy atom. The Bertz CT molecular complexity index is 1080. The van der Waals surface area contributed by atoms with Gasteiger partial charge < -0.3 is 10.6 Å². The molecule has 0 fully saturated rings. The number of carbonyl (C=O) groups excluding carboxylic acids is 2. The third kappa shape index (κ3) is 4.31. The second-order valence-electron chi connectivity index (χ2n) is 5.90. The molecule has 0 aliphatic carbocycles. The number of hydrogen-bond donors (Lipinski definition) is 2. The summed E-state index contributed by atoms with van der Waals surface area (Å²) in [7, 11) is 0. The molecular formula is C21H16N4O2S. The van der Waals surface area contributed by atoms with Crippen LogP contribution < -0.4 is 10.6 Å². The van der Waals surface area contributed by atoms with E-state index in [2.05, 4.69) is 22.2 Å². The number of nitriles is 1. The van der Waals surface area contributed by atoms with Crippen LogP contribution in [0.1, 0.15) is 26.4 Å². The summed E-state index contributed by atoms with van der Waals surface area (Å²) in [6.45, 7) is 5.41. The Morgan fingerprint density at radius 3 is 2.43 bits per heavy atom. The van der Waals surface area contributed by atoms with Crippen molar-refractivity contribution < 1.29 is 9.59 Å². The molecule has 0 atom stereocenters. The summed E-state index contributed by atoms with van der Waals surface area (Å²) in [5, 5.41) is 15.1. The Labute approximate surface area is 166 Å². The molecule has 0 saturated heterocycles. The largest absolute Gasteiger partial charge is 0.331 e.